The third-order valence-electron chi connectivity index (χ3n) is 3.93. The third kappa shape index (κ3) is 4.73. The van der Waals surface area contributed by atoms with Crippen molar-refractivity contribution >= 4 is 11.9 Å². The van der Waals surface area contributed by atoms with Crippen molar-refractivity contribution in [2.24, 2.45) is 5.73 Å². The first-order valence-corrected chi connectivity index (χ1v) is 8.02. The van der Waals surface area contributed by atoms with E-state index in [0.29, 0.717) is 18.0 Å². The molecule has 2 rings (SSSR count). The number of nitrogens with two attached hydrogens (primary N) is 1. The maximum absolute atomic E-state index is 12.5. The largest absolute Gasteiger partial charge is 0.493 e. The molecule has 26 heavy (non-hydrogen) atoms. The van der Waals surface area contributed by atoms with Crippen molar-refractivity contribution in [2.45, 2.75) is 12.6 Å². The van der Waals surface area contributed by atoms with E-state index in [1.54, 1.807) is 21.3 Å². The molecule has 0 radical (unpaired) electrons. The van der Waals surface area contributed by atoms with Crippen LogP contribution in [0.3, 0.4) is 0 Å². The first-order valence-electron chi connectivity index (χ1n) is 8.02. The van der Waals surface area contributed by atoms with E-state index in [0.717, 1.165) is 11.1 Å². The Labute approximate surface area is 152 Å². The SMILES string of the molecule is COc1ccc(CN(C)[C@H](C(=O)NC(N)=O)c2ccccc2)cc1OC. The highest BCUT2D eigenvalue weighted by Gasteiger charge is 2.26. The summed E-state index contributed by atoms with van der Waals surface area (Å²) in [7, 11) is 4.94. The monoisotopic (exact) mass is 357 g/mol. The number of rotatable bonds is 7. The molecular formula is C19H23N3O4. The number of nitrogens with one attached hydrogen (secondary N) is 1. The van der Waals surface area contributed by atoms with Crippen molar-refractivity contribution in [1.82, 2.24) is 10.2 Å². The standard InChI is InChI=1S/C19H23N3O4/c1-22(12-13-9-10-15(25-2)16(11-13)26-3)17(18(23)21-19(20)24)14-7-5-4-6-8-14/h4-11,17H,12H2,1-3H3,(H3,20,21,23,24)/t17-/m0/s1. The van der Waals surface area contributed by atoms with Gasteiger partial charge in [-0.25, -0.2) is 4.79 Å². The smallest absolute Gasteiger partial charge is 0.318 e. The molecule has 7 heteroatoms. The molecule has 2 aromatic rings. The molecule has 7 nitrogen and oxygen atoms in total. The number of hydrogen-bond donors (Lipinski definition) is 2. The molecular weight excluding hydrogens is 334 g/mol. The zero-order valence-electron chi connectivity index (χ0n) is 15.1. The summed E-state index contributed by atoms with van der Waals surface area (Å²) >= 11 is 0. The first kappa shape index (κ1) is 19.3. The van der Waals surface area contributed by atoms with Crippen LogP contribution >= 0.6 is 0 Å². The molecule has 1 atom stereocenters. The number of imide groups is 1. The van der Waals surface area contributed by atoms with Gasteiger partial charge in [-0.3, -0.25) is 15.0 Å². The molecule has 0 heterocycles. The summed E-state index contributed by atoms with van der Waals surface area (Å²) in [6.45, 7) is 0.450. The molecule has 0 fully saturated rings. The predicted octanol–water partition coefficient (Wildman–Crippen LogP) is 2.07. The summed E-state index contributed by atoms with van der Waals surface area (Å²) in [6, 6.07) is 13.2. The molecule has 0 aliphatic heterocycles. The van der Waals surface area contributed by atoms with Gasteiger partial charge in [0.15, 0.2) is 11.5 Å². The highest BCUT2D eigenvalue weighted by Crippen LogP contribution is 2.29. The quantitative estimate of drug-likeness (QED) is 0.791. The highest BCUT2D eigenvalue weighted by atomic mass is 16.5. The summed E-state index contributed by atoms with van der Waals surface area (Å²) in [5.41, 5.74) is 6.80. The van der Waals surface area contributed by atoms with Crippen molar-refractivity contribution in [2.75, 3.05) is 21.3 Å². The average Bonchev–Trinajstić information content (AvgIpc) is 2.62. The number of nitrogens with zero attached hydrogens (tertiary/aromatic N) is 1. The number of benzene rings is 2. The van der Waals surface area contributed by atoms with E-state index in [1.807, 2.05) is 53.4 Å². The number of ether oxygens (including phenoxy) is 2. The van der Waals surface area contributed by atoms with E-state index in [9.17, 15) is 9.59 Å². The number of likely N-dealkylation sites (N-methyl/N-ethyl adjacent to an activating group) is 1. The maximum atomic E-state index is 12.5. The number of carbonyl (C=O) groups is 2. The van der Waals surface area contributed by atoms with E-state index in [-0.39, 0.29) is 0 Å². The molecule has 3 amide bonds. The minimum absolute atomic E-state index is 0.450. The number of methoxy groups -OCH3 is 2. The Hall–Kier alpha value is -3.06. The Morgan fingerprint density at radius 1 is 1.08 bits per heavy atom. The first-order chi connectivity index (χ1) is 12.5. The lowest BCUT2D eigenvalue weighted by Gasteiger charge is -2.27. The Morgan fingerprint density at radius 3 is 2.31 bits per heavy atom. The molecule has 0 unspecified atom stereocenters. The van der Waals surface area contributed by atoms with Gasteiger partial charge in [-0.1, -0.05) is 36.4 Å². The van der Waals surface area contributed by atoms with Crippen LogP contribution in [0.2, 0.25) is 0 Å². The van der Waals surface area contributed by atoms with Crippen LogP contribution in [-0.2, 0) is 11.3 Å². The van der Waals surface area contributed by atoms with Gasteiger partial charge in [0.05, 0.1) is 14.2 Å². The molecule has 0 saturated carbocycles. The molecule has 0 aliphatic rings. The zero-order chi connectivity index (χ0) is 19.1. The molecule has 3 N–H and O–H groups in total. The summed E-state index contributed by atoms with van der Waals surface area (Å²) in [6.07, 6.45) is 0. The number of hydrogen-bond acceptors (Lipinski definition) is 5. The molecule has 0 aliphatic carbocycles. The van der Waals surface area contributed by atoms with Gasteiger partial charge in [0, 0.05) is 6.54 Å². The second kappa shape index (κ2) is 8.87. The van der Waals surface area contributed by atoms with Gasteiger partial charge < -0.3 is 15.2 Å². The summed E-state index contributed by atoms with van der Waals surface area (Å²) in [4.78, 5) is 25.5. The normalized spacial score (nSPS) is 11.7. The number of urea groups is 1. The van der Waals surface area contributed by atoms with Crippen LogP contribution in [-0.4, -0.2) is 38.1 Å². The lowest BCUT2D eigenvalue weighted by atomic mass is 10.0. The molecule has 0 aromatic heterocycles. The van der Waals surface area contributed by atoms with Crippen molar-refractivity contribution in [1.29, 1.82) is 0 Å². The van der Waals surface area contributed by atoms with Gasteiger partial charge in [0.25, 0.3) is 0 Å². The van der Waals surface area contributed by atoms with Gasteiger partial charge >= 0.3 is 6.03 Å². The Balaban J connectivity index is 2.27. The van der Waals surface area contributed by atoms with E-state index in [1.165, 1.54) is 0 Å². The van der Waals surface area contributed by atoms with E-state index >= 15 is 0 Å². The topological polar surface area (TPSA) is 93.9 Å². The maximum Gasteiger partial charge on any atom is 0.318 e. The van der Waals surface area contributed by atoms with Crippen LogP contribution in [0.15, 0.2) is 48.5 Å². The number of primary amides is 1. The fraction of sp³-hybridized carbons (Fsp3) is 0.263. The number of amides is 3. The predicted molar refractivity (Wildman–Crippen MR) is 97.9 cm³/mol. The Bertz CT molecular complexity index is 765. The van der Waals surface area contributed by atoms with Crippen LogP contribution in [0.5, 0.6) is 11.5 Å². The van der Waals surface area contributed by atoms with Crippen molar-refractivity contribution in [3.8, 4) is 11.5 Å². The van der Waals surface area contributed by atoms with Gasteiger partial charge in [0.2, 0.25) is 5.91 Å². The zero-order valence-corrected chi connectivity index (χ0v) is 15.1. The highest BCUT2D eigenvalue weighted by molar-refractivity contribution is 5.96. The van der Waals surface area contributed by atoms with Crippen LogP contribution in [0.1, 0.15) is 17.2 Å². The van der Waals surface area contributed by atoms with Gasteiger partial charge in [-0.15, -0.1) is 0 Å². The fourth-order valence-corrected chi connectivity index (χ4v) is 2.79. The minimum atomic E-state index is -0.879. The van der Waals surface area contributed by atoms with Crippen molar-refractivity contribution in [3.63, 3.8) is 0 Å². The van der Waals surface area contributed by atoms with Gasteiger partial charge in [-0.05, 0) is 30.3 Å². The van der Waals surface area contributed by atoms with Gasteiger partial charge in [-0.2, -0.15) is 0 Å². The lowest BCUT2D eigenvalue weighted by Crippen LogP contribution is -2.43. The second-order valence-electron chi connectivity index (χ2n) is 5.77. The molecule has 0 bridgehead atoms. The molecule has 2 aromatic carbocycles. The lowest BCUT2D eigenvalue weighted by molar-refractivity contribution is -0.125. The van der Waals surface area contributed by atoms with Crippen LogP contribution < -0.4 is 20.5 Å². The summed E-state index contributed by atoms with van der Waals surface area (Å²) < 4.78 is 10.6. The van der Waals surface area contributed by atoms with Crippen LogP contribution in [0.4, 0.5) is 4.79 Å². The van der Waals surface area contributed by atoms with Crippen LogP contribution in [0, 0.1) is 0 Å². The molecule has 0 spiro atoms. The van der Waals surface area contributed by atoms with Gasteiger partial charge in [0.1, 0.15) is 6.04 Å². The summed E-state index contributed by atoms with van der Waals surface area (Å²) in [5, 5.41) is 2.16. The Morgan fingerprint density at radius 2 is 1.73 bits per heavy atom. The van der Waals surface area contributed by atoms with Crippen molar-refractivity contribution < 1.29 is 19.1 Å². The van der Waals surface area contributed by atoms with Crippen molar-refractivity contribution in [3.05, 3.63) is 59.7 Å². The average molecular weight is 357 g/mol. The van der Waals surface area contributed by atoms with E-state index in [4.69, 9.17) is 15.2 Å². The van der Waals surface area contributed by atoms with Crippen LogP contribution in [0.25, 0.3) is 0 Å². The molecule has 138 valence electrons. The molecule has 0 saturated heterocycles. The second-order valence-corrected chi connectivity index (χ2v) is 5.77. The van der Waals surface area contributed by atoms with E-state index in [2.05, 4.69) is 5.32 Å². The third-order valence-corrected chi connectivity index (χ3v) is 3.93. The Kier molecular flexibility index (Phi) is 6.57. The summed E-state index contributed by atoms with van der Waals surface area (Å²) in [5.74, 6) is 0.757. The minimum Gasteiger partial charge on any atom is -0.493 e. The van der Waals surface area contributed by atoms with E-state index < -0.39 is 18.0 Å². The fourth-order valence-electron chi connectivity index (χ4n) is 2.79. The number of carbonyl (C=O) groups excluding carboxylic acids is 2.